The zero-order chi connectivity index (χ0) is 22.2. The number of aryl methyl sites for hydroxylation is 1. The minimum absolute atomic E-state index is 0.0782. The van der Waals surface area contributed by atoms with Crippen molar-refractivity contribution in [1.29, 1.82) is 0 Å². The maximum Gasteiger partial charge on any atom is 0.243 e. The molecule has 3 saturated heterocycles. The third-order valence-electron chi connectivity index (χ3n) is 7.21. The first-order chi connectivity index (χ1) is 15.5. The molecular weight excluding hydrogens is 409 g/mol. The van der Waals surface area contributed by atoms with Crippen LogP contribution in [0.4, 0.5) is 4.39 Å². The normalized spacial score (nSPS) is 27.8. The molecule has 4 heterocycles. The van der Waals surface area contributed by atoms with Gasteiger partial charge in [0.2, 0.25) is 11.8 Å². The molecule has 2 amide bonds. The number of carbonyl (C=O) groups is 2. The Labute approximate surface area is 187 Å². The van der Waals surface area contributed by atoms with Crippen molar-refractivity contribution >= 4 is 11.8 Å². The smallest absolute Gasteiger partial charge is 0.243 e. The van der Waals surface area contributed by atoms with E-state index in [2.05, 4.69) is 15.3 Å². The minimum atomic E-state index is -0.448. The monoisotopic (exact) mass is 439 g/mol. The highest BCUT2D eigenvalue weighted by molar-refractivity contribution is 5.89. The molecule has 1 N–H and O–H groups in total. The van der Waals surface area contributed by atoms with Gasteiger partial charge in [0.25, 0.3) is 0 Å². The van der Waals surface area contributed by atoms with E-state index in [9.17, 15) is 14.0 Å². The van der Waals surface area contributed by atoms with E-state index in [1.54, 1.807) is 23.0 Å². The molecule has 1 aromatic carbocycles. The number of halogens is 1. The average molecular weight is 440 g/mol. The Balaban J connectivity index is 1.35. The molecule has 0 aliphatic carbocycles. The van der Waals surface area contributed by atoms with E-state index in [-0.39, 0.29) is 29.6 Å². The van der Waals surface area contributed by atoms with Gasteiger partial charge in [-0.05, 0) is 42.9 Å². The molecule has 0 spiro atoms. The second-order valence-electron chi connectivity index (χ2n) is 9.53. The fourth-order valence-electron chi connectivity index (χ4n) is 5.97. The summed E-state index contributed by atoms with van der Waals surface area (Å²) in [6.07, 6.45) is 6.94. The second-order valence-corrected chi connectivity index (χ2v) is 9.53. The van der Waals surface area contributed by atoms with Crippen molar-refractivity contribution < 1.29 is 14.0 Å². The van der Waals surface area contributed by atoms with Crippen LogP contribution in [0.1, 0.15) is 36.8 Å². The summed E-state index contributed by atoms with van der Waals surface area (Å²) in [5, 5.41) is 7.21. The van der Waals surface area contributed by atoms with E-state index in [1.807, 2.05) is 24.2 Å². The Hall–Kier alpha value is -2.74. The quantitative estimate of drug-likeness (QED) is 0.775. The Morgan fingerprint density at radius 3 is 2.88 bits per heavy atom. The molecular formula is C24H30FN5O2. The molecule has 1 aromatic heterocycles. The van der Waals surface area contributed by atoms with Gasteiger partial charge >= 0.3 is 0 Å². The molecule has 3 fully saturated rings. The number of hydrogen-bond donors (Lipinski definition) is 1. The third-order valence-corrected chi connectivity index (χ3v) is 7.21. The van der Waals surface area contributed by atoms with Crippen molar-refractivity contribution in [2.45, 2.75) is 50.9 Å². The van der Waals surface area contributed by atoms with Gasteiger partial charge in [-0.25, -0.2) is 4.39 Å². The van der Waals surface area contributed by atoms with E-state index < -0.39 is 6.04 Å². The van der Waals surface area contributed by atoms with Crippen LogP contribution in [0.2, 0.25) is 0 Å². The van der Waals surface area contributed by atoms with Crippen molar-refractivity contribution in [2.24, 2.45) is 18.9 Å². The number of aromatic nitrogens is 2. The summed E-state index contributed by atoms with van der Waals surface area (Å²) in [6.45, 7) is 2.68. The van der Waals surface area contributed by atoms with Crippen LogP contribution in [0, 0.1) is 17.7 Å². The highest BCUT2D eigenvalue weighted by Gasteiger charge is 2.51. The van der Waals surface area contributed by atoms with Crippen LogP contribution in [0.15, 0.2) is 36.7 Å². The first-order valence-electron chi connectivity index (χ1n) is 11.5. The molecule has 0 saturated carbocycles. The summed E-state index contributed by atoms with van der Waals surface area (Å²) in [7, 11) is 1.85. The molecule has 3 aliphatic heterocycles. The number of amides is 2. The summed E-state index contributed by atoms with van der Waals surface area (Å²) < 4.78 is 15.4. The number of hydrogen-bond acceptors (Lipinski definition) is 4. The van der Waals surface area contributed by atoms with Crippen LogP contribution < -0.4 is 5.32 Å². The van der Waals surface area contributed by atoms with E-state index in [4.69, 9.17) is 0 Å². The van der Waals surface area contributed by atoms with E-state index in [1.165, 1.54) is 6.07 Å². The predicted molar refractivity (Wildman–Crippen MR) is 117 cm³/mol. The van der Waals surface area contributed by atoms with Crippen molar-refractivity contribution in [3.8, 4) is 0 Å². The Morgan fingerprint density at radius 2 is 2.09 bits per heavy atom. The van der Waals surface area contributed by atoms with Gasteiger partial charge in [-0.1, -0.05) is 12.1 Å². The highest BCUT2D eigenvalue weighted by atomic mass is 19.1. The molecule has 32 heavy (non-hydrogen) atoms. The third kappa shape index (κ3) is 4.16. The SMILES string of the molecule is Cn1cc(CNC(=O)[C@H]2[C@@H]3C[C@@H](CN(Cc4cccc(F)c4)C3)[C@@H]3CCCC(=O)N32)cn1. The summed E-state index contributed by atoms with van der Waals surface area (Å²) in [4.78, 5) is 30.6. The molecule has 7 nitrogen and oxygen atoms in total. The van der Waals surface area contributed by atoms with Gasteiger partial charge in [0.1, 0.15) is 11.9 Å². The highest BCUT2D eigenvalue weighted by Crippen LogP contribution is 2.42. The fraction of sp³-hybridized carbons (Fsp3) is 0.542. The number of nitrogens with one attached hydrogen (secondary N) is 1. The lowest BCUT2D eigenvalue weighted by Gasteiger charge is -2.56. The van der Waals surface area contributed by atoms with Crippen LogP contribution in [0.25, 0.3) is 0 Å². The predicted octanol–water partition coefficient (Wildman–Crippen LogP) is 2.08. The van der Waals surface area contributed by atoms with Gasteiger partial charge in [-0.15, -0.1) is 0 Å². The molecule has 5 rings (SSSR count). The van der Waals surface area contributed by atoms with E-state index >= 15 is 0 Å². The maximum atomic E-state index is 13.7. The largest absolute Gasteiger partial charge is 0.350 e. The zero-order valence-electron chi connectivity index (χ0n) is 18.4. The standard InChI is InChI=1S/C24H30FN5O2/c1-28-12-17(11-27-28)10-26-24(32)23-19-9-18(21-6-3-7-22(31)30(21)23)14-29(15-19)13-16-4-2-5-20(25)8-16/h2,4-5,8,11-12,18-19,21,23H,3,6-7,9-10,13-15H2,1H3,(H,26,32)/t18-,19+,21-,23+/m0/s1. The van der Waals surface area contributed by atoms with Crippen molar-refractivity contribution in [2.75, 3.05) is 13.1 Å². The number of carbonyl (C=O) groups excluding carboxylic acids is 2. The number of likely N-dealkylation sites (tertiary alicyclic amines) is 1. The molecule has 4 atom stereocenters. The van der Waals surface area contributed by atoms with Crippen LogP contribution in [0.3, 0.4) is 0 Å². The molecule has 3 aliphatic rings. The van der Waals surface area contributed by atoms with Gasteiger partial charge in [0.05, 0.1) is 6.20 Å². The van der Waals surface area contributed by atoms with Gasteiger partial charge in [0, 0.05) is 63.4 Å². The van der Waals surface area contributed by atoms with E-state index in [0.717, 1.165) is 43.5 Å². The van der Waals surface area contributed by atoms with Gasteiger partial charge < -0.3 is 10.2 Å². The summed E-state index contributed by atoms with van der Waals surface area (Å²) >= 11 is 0. The molecule has 2 aromatic rings. The van der Waals surface area contributed by atoms with Crippen molar-refractivity contribution in [1.82, 2.24) is 24.9 Å². The van der Waals surface area contributed by atoms with Crippen LogP contribution in [-0.4, -0.2) is 56.6 Å². The number of piperidine rings is 3. The first kappa shape index (κ1) is 21.1. The van der Waals surface area contributed by atoms with Gasteiger partial charge in [0.15, 0.2) is 0 Å². The molecule has 170 valence electrons. The van der Waals surface area contributed by atoms with Crippen LogP contribution in [0.5, 0.6) is 0 Å². The van der Waals surface area contributed by atoms with Gasteiger partial charge in [-0.3, -0.25) is 19.2 Å². The zero-order valence-corrected chi connectivity index (χ0v) is 18.4. The summed E-state index contributed by atoms with van der Waals surface area (Å²) in [5.41, 5.74) is 1.88. The molecule has 0 unspecified atom stereocenters. The summed E-state index contributed by atoms with van der Waals surface area (Å²) in [5.74, 6) is 0.237. The number of fused-ring (bicyclic) bond motifs is 4. The lowest BCUT2D eigenvalue weighted by molar-refractivity contribution is -0.160. The number of benzene rings is 1. The first-order valence-corrected chi connectivity index (χ1v) is 11.5. The van der Waals surface area contributed by atoms with E-state index in [0.29, 0.717) is 25.4 Å². The van der Waals surface area contributed by atoms with Crippen LogP contribution in [-0.2, 0) is 29.7 Å². The van der Waals surface area contributed by atoms with Crippen LogP contribution >= 0.6 is 0 Å². The Bertz CT molecular complexity index is 1010. The number of rotatable bonds is 5. The minimum Gasteiger partial charge on any atom is -0.350 e. The lowest BCUT2D eigenvalue weighted by atomic mass is 9.71. The molecule has 8 heteroatoms. The number of nitrogens with zero attached hydrogens (tertiary/aromatic N) is 4. The maximum absolute atomic E-state index is 13.7. The molecule has 2 bridgehead atoms. The molecule has 0 radical (unpaired) electrons. The topological polar surface area (TPSA) is 70.5 Å². The fourth-order valence-corrected chi connectivity index (χ4v) is 5.97. The van der Waals surface area contributed by atoms with Gasteiger partial charge in [-0.2, -0.15) is 5.10 Å². The van der Waals surface area contributed by atoms with Crippen molar-refractivity contribution in [3.63, 3.8) is 0 Å². The average Bonchev–Trinajstić information content (AvgIpc) is 3.18. The second kappa shape index (κ2) is 8.65. The Kier molecular flexibility index (Phi) is 5.71. The lowest BCUT2D eigenvalue weighted by Crippen LogP contribution is -2.68. The van der Waals surface area contributed by atoms with Crippen molar-refractivity contribution in [3.05, 3.63) is 53.6 Å². The Morgan fingerprint density at radius 1 is 1.25 bits per heavy atom. The summed E-state index contributed by atoms with van der Waals surface area (Å²) in [6, 6.07) is 6.39.